The molecule has 1 fully saturated rings. The Bertz CT molecular complexity index is 2260. The Labute approximate surface area is 402 Å². The van der Waals surface area contributed by atoms with E-state index in [1.54, 1.807) is 12.1 Å². The first-order valence-corrected chi connectivity index (χ1v) is 22.8. The zero-order chi connectivity index (χ0) is 49.8. The monoisotopic (exact) mass is 966 g/mol. The highest BCUT2D eigenvalue weighted by Crippen LogP contribution is 2.41. The number of hydrogen-bond donors (Lipinski definition) is 1. The van der Waals surface area contributed by atoms with Gasteiger partial charge in [-0.05, 0) is 23.8 Å². The molecule has 20 heteroatoms. The van der Waals surface area contributed by atoms with Crippen LogP contribution in [-0.2, 0) is 61.9 Å². The van der Waals surface area contributed by atoms with Gasteiger partial charge in [0.05, 0.1) is 124 Å². The second kappa shape index (κ2) is 31.3. The summed E-state index contributed by atoms with van der Waals surface area (Å²) >= 11 is 0. The summed E-state index contributed by atoms with van der Waals surface area (Å²) in [6.07, 6.45) is 0.0459. The Morgan fingerprint density at radius 1 is 0.667 bits per heavy atom. The van der Waals surface area contributed by atoms with Crippen LogP contribution in [0.2, 0.25) is 0 Å². The van der Waals surface area contributed by atoms with Gasteiger partial charge in [0.1, 0.15) is 25.4 Å². The second-order valence-corrected chi connectivity index (χ2v) is 15.6. The number of ether oxygens (including phenoxy) is 8. The number of carboxylic acid groups (broad SMARTS) is 1. The zero-order valence-corrected chi connectivity index (χ0v) is 40.3. The van der Waals surface area contributed by atoms with Crippen LogP contribution in [0.4, 0.5) is 5.69 Å². The van der Waals surface area contributed by atoms with Crippen molar-refractivity contribution in [1.29, 1.82) is 0 Å². The molecule has 3 amide bonds. The number of fused-ring (bicyclic) bond motifs is 2. The summed E-state index contributed by atoms with van der Waals surface area (Å²) in [5.74, 6) is -2.29. The van der Waals surface area contributed by atoms with Crippen molar-refractivity contribution in [2.45, 2.75) is 26.2 Å². The molecule has 2 aliphatic heterocycles. The van der Waals surface area contributed by atoms with Crippen LogP contribution < -0.4 is 25.3 Å². The molecular weight excluding hydrogens is 901 g/mol. The third kappa shape index (κ3) is 20.0. The van der Waals surface area contributed by atoms with Gasteiger partial charge in [-0.3, -0.25) is 14.4 Å². The third-order valence-electron chi connectivity index (χ3n) is 10.0. The number of nitrogens with zero attached hydrogens (tertiary/aromatic N) is 3. The molecule has 5 rings (SSSR count). The molecule has 1 aliphatic carbocycles. The van der Waals surface area contributed by atoms with Gasteiger partial charge in [-0.1, -0.05) is 24.3 Å². The average molecular weight is 967 g/mol. The van der Waals surface area contributed by atoms with Crippen LogP contribution in [0.5, 0.6) is 0 Å². The highest BCUT2D eigenvalue weighted by atomic mass is 16.7. The van der Waals surface area contributed by atoms with Crippen LogP contribution in [0, 0.1) is 0 Å². The topological polar surface area (TPSA) is 226 Å². The number of hydrogen-bond acceptors (Lipinski definition) is 17. The molecule has 0 saturated carbocycles. The zero-order valence-electron chi connectivity index (χ0n) is 40.3. The molecule has 0 radical (unpaired) electrons. The lowest BCUT2D eigenvalue weighted by Gasteiger charge is -2.19. The Kier molecular flexibility index (Phi) is 25.3. The fourth-order valence-corrected chi connectivity index (χ4v) is 6.49. The fourth-order valence-electron chi connectivity index (χ4n) is 6.49. The molecule has 2 aromatic carbocycles. The number of aromatic carboxylic acids is 1. The van der Waals surface area contributed by atoms with Crippen molar-refractivity contribution >= 4 is 46.3 Å². The SMILES string of the molecule is CC(=O)NCCOCCOCCOCCOCCOCCOCCOCCOCCC(=O)ON1C(=O)CCC1=O.CN(C)c1ccc2c(-c3ccccc3C(=O)[O-])c3ccc(=[N+](C)C)cc-3oc2c1. The summed E-state index contributed by atoms with van der Waals surface area (Å²) in [4.78, 5) is 63.6. The largest absolute Gasteiger partial charge is 0.545 e. The number of rotatable bonds is 31. The summed E-state index contributed by atoms with van der Waals surface area (Å²) in [7, 11) is 7.88. The Balaban J connectivity index is 0.000000314. The van der Waals surface area contributed by atoms with E-state index in [0.717, 1.165) is 27.6 Å². The molecule has 0 unspecified atom stereocenters. The molecule has 1 saturated heterocycles. The average Bonchev–Trinajstić information content (AvgIpc) is 3.64. The molecule has 69 heavy (non-hydrogen) atoms. The van der Waals surface area contributed by atoms with Crippen molar-refractivity contribution in [2.24, 2.45) is 0 Å². The van der Waals surface area contributed by atoms with Gasteiger partial charge >= 0.3 is 5.97 Å². The first kappa shape index (κ1) is 55.8. The number of carboxylic acids is 1. The predicted molar refractivity (Wildman–Crippen MR) is 251 cm³/mol. The number of benzene rings is 3. The van der Waals surface area contributed by atoms with Crippen LogP contribution >= 0.6 is 0 Å². The van der Waals surface area contributed by atoms with Crippen LogP contribution in [0.3, 0.4) is 0 Å². The molecule has 0 bridgehead atoms. The molecule has 0 aromatic heterocycles. The van der Waals surface area contributed by atoms with E-state index in [-0.39, 0.29) is 43.9 Å². The van der Waals surface area contributed by atoms with E-state index in [0.29, 0.717) is 121 Å². The van der Waals surface area contributed by atoms with E-state index < -0.39 is 23.8 Å². The summed E-state index contributed by atoms with van der Waals surface area (Å²) < 4.78 is 51.2. The van der Waals surface area contributed by atoms with Gasteiger partial charge in [0.25, 0.3) is 11.8 Å². The molecule has 20 nitrogen and oxygen atoms in total. The van der Waals surface area contributed by atoms with Crippen molar-refractivity contribution in [3.05, 3.63) is 71.6 Å². The highest BCUT2D eigenvalue weighted by Gasteiger charge is 2.32. The van der Waals surface area contributed by atoms with E-state index in [9.17, 15) is 29.1 Å². The lowest BCUT2D eigenvalue weighted by atomic mass is 9.90. The minimum atomic E-state index is -1.20. The van der Waals surface area contributed by atoms with Crippen molar-refractivity contribution in [1.82, 2.24) is 15.0 Å². The van der Waals surface area contributed by atoms with Crippen molar-refractivity contribution < 1.29 is 76.2 Å². The molecule has 2 aromatic rings. The fraction of sp³-hybridized carbons (Fsp3) is 0.510. The molecule has 1 N–H and O–H groups in total. The first-order chi connectivity index (χ1) is 33.4. The van der Waals surface area contributed by atoms with E-state index in [1.165, 1.54) is 6.92 Å². The Morgan fingerprint density at radius 3 is 1.67 bits per heavy atom. The van der Waals surface area contributed by atoms with Crippen LogP contribution in [-0.4, -0.2) is 175 Å². The maximum atomic E-state index is 11.8. The Morgan fingerprint density at radius 2 is 1.17 bits per heavy atom. The maximum Gasteiger partial charge on any atom is 0.335 e. The summed E-state index contributed by atoms with van der Waals surface area (Å²) in [5.41, 5.74) is 4.17. The highest BCUT2D eigenvalue weighted by molar-refractivity contribution is 6.07. The number of anilines is 1. The number of hydroxylamine groups is 2. The number of carbonyl (C=O) groups is 5. The maximum absolute atomic E-state index is 11.8. The van der Waals surface area contributed by atoms with Crippen molar-refractivity contribution in [3.63, 3.8) is 0 Å². The van der Waals surface area contributed by atoms with Gasteiger partial charge in [0.15, 0.2) is 0 Å². The van der Waals surface area contributed by atoms with Crippen molar-refractivity contribution in [3.8, 4) is 22.5 Å². The minimum absolute atomic E-state index is 0.0596. The molecule has 0 spiro atoms. The van der Waals surface area contributed by atoms with Gasteiger partial charge in [-0.2, -0.15) is 0 Å². The van der Waals surface area contributed by atoms with Gasteiger partial charge in [-0.25, -0.2) is 9.37 Å². The van der Waals surface area contributed by atoms with Crippen LogP contribution in [0.25, 0.3) is 33.4 Å². The van der Waals surface area contributed by atoms with E-state index in [2.05, 4.69) is 5.32 Å². The van der Waals surface area contributed by atoms with Gasteiger partial charge in [-0.15, -0.1) is 5.06 Å². The van der Waals surface area contributed by atoms with E-state index >= 15 is 0 Å². The summed E-state index contributed by atoms with van der Waals surface area (Å²) in [5, 5.41) is 16.8. The normalized spacial score (nSPS) is 12.3. The summed E-state index contributed by atoms with van der Waals surface area (Å²) in [6.45, 7) is 8.59. The number of nitrogens with one attached hydrogen (secondary N) is 1. The lowest BCUT2D eigenvalue weighted by molar-refractivity contribution is -0.255. The van der Waals surface area contributed by atoms with Gasteiger partial charge in [0, 0.05) is 80.3 Å². The molecule has 2 heterocycles. The first-order valence-electron chi connectivity index (χ1n) is 22.8. The summed E-state index contributed by atoms with van der Waals surface area (Å²) in [6, 6.07) is 18.9. The van der Waals surface area contributed by atoms with E-state index in [1.807, 2.05) is 86.2 Å². The third-order valence-corrected chi connectivity index (χ3v) is 10.0. The number of imide groups is 1. The quantitative estimate of drug-likeness (QED) is 0.0329. The van der Waals surface area contributed by atoms with Gasteiger partial charge in [0.2, 0.25) is 11.3 Å². The number of carbonyl (C=O) groups excluding carboxylic acids is 5. The lowest BCUT2D eigenvalue weighted by Crippen LogP contribution is -2.32. The van der Waals surface area contributed by atoms with Crippen LogP contribution in [0.15, 0.2) is 65.1 Å². The molecule has 3 aliphatic rings. The molecule has 378 valence electrons. The standard InChI is InChI=1S/C25H44N2O13.C24H22N2O3/c1-22(28)26-5-7-33-9-11-35-13-15-37-17-19-39-21-20-38-18-16-36-14-12-34-10-8-32-6-4-25(31)40-27-23(29)2-3-24(27)30;1-25(2)15-9-11-19-21(13-15)29-22-14-16(26(3)4)10-12-20(22)23(19)17-7-5-6-8-18(17)24(27)28/h2-21H2,1H3,(H,26,28);5-14H,1-4H3. The minimum Gasteiger partial charge on any atom is -0.545 e. The molecule has 0 atom stereocenters. The van der Waals surface area contributed by atoms with Crippen LogP contribution in [0.1, 0.15) is 36.5 Å². The van der Waals surface area contributed by atoms with E-state index in [4.69, 9.17) is 47.1 Å². The van der Waals surface area contributed by atoms with Crippen molar-refractivity contribution in [2.75, 3.05) is 145 Å². The Hall–Kier alpha value is -5.84. The second-order valence-electron chi connectivity index (χ2n) is 15.6. The molecular formula is C49H66N4O16. The smallest absolute Gasteiger partial charge is 0.335 e. The van der Waals surface area contributed by atoms with Gasteiger partial charge < -0.3 is 67.3 Å². The number of amides is 3. The predicted octanol–water partition coefficient (Wildman–Crippen LogP) is 1.92.